The summed E-state index contributed by atoms with van der Waals surface area (Å²) in [6, 6.07) is 6.28. The van der Waals surface area contributed by atoms with Crippen LogP contribution in [0.5, 0.6) is 0 Å². The van der Waals surface area contributed by atoms with Crippen LogP contribution in [0.15, 0.2) is 24.3 Å². The van der Waals surface area contributed by atoms with Crippen molar-refractivity contribution in [2.75, 3.05) is 4.72 Å². The Morgan fingerprint density at radius 2 is 1.80 bits per heavy atom. The Morgan fingerprint density at radius 1 is 1.25 bits per heavy atom. The van der Waals surface area contributed by atoms with Gasteiger partial charge >= 0.3 is 5.97 Å². The van der Waals surface area contributed by atoms with Gasteiger partial charge in [-0.25, -0.2) is 0 Å². The third-order valence-corrected chi connectivity index (χ3v) is 4.53. The van der Waals surface area contributed by atoms with Gasteiger partial charge in [-0.3, -0.25) is 9.52 Å². The molecule has 1 saturated carbocycles. The molecule has 0 aliphatic heterocycles. The Labute approximate surface area is 118 Å². The van der Waals surface area contributed by atoms with Crippen LogP contribution in [0.3, 0.4) is 0 Å². The molecule has 1 aromatic carbocycles. The van der Waals surface area contributed by atoms with E-state index in [0.29, 0.717) is 24.1 Å². The van der Waals surface area contributed by atoms with Gasteiger partial charge in [0.1, 0.15) is 0 Å². The van der Waals surface area contributed by atoms with Crippen molar-refractivity contribution >= 4 is 21.9 Å². The van der Waals surface area contributed by atoms with Crippen molar-refractivity contribution in [2.45, 2.75) is 38.1 Å². The van der Waals surface area contributed by atoms with Crippen molar-refractivity contribution in [3.63, 3.8) is 0 Å². The van der Waals surface area contributed by atoms with Crippen LogP contribution >= 0.6 is 0 Å². The molecule has 3 N–H and O–H groups in total. The molecule has 0 radical (unpaired) electrons. The predicted molar refractivity (Wildman–Crippen MR) is 75.8 cm³/mol. The Balaban J connectivity index is 2.12. The molecule has 0 heterocycles. The summed E-state index contributed by atoms with van der Waals surface area (Å²) < 4.78 is 28.2. The Morgan fingerprint density at radius 3 is 2.20 bits per heavy atom. The molecular formula is C13H18N2O4S. The molecule has 0 aromatic heterocycles. The van der Waals surface area contributed by atoms with E-state index in [2.05, 4.69) is 9.44 Å². The SMILES string of the molecule is CC(C)NS(=O)(=O)Nc1ccc(C2(C(=O)O)CC2)cc1. The molecule has 1 aromatic rings. The fourth-order valence-corrected chi connectivity index (χ4v) is 3.23. The molecule has 7 heteroatoms. The van der Waals surface area contributed by atoms with Crippen LogP contribution in [0.1, 0.15) is 32.3 Å². The number of hydrogen-bond donors (Lipinski definition) is 3. The number of rotatable bonds is 6. The summed E-state index contributed by atoms with van der Waals surface area (Å²) in [5.74, 6) is -0.827. The summed E-state index contributed by atoms with van der Waals surface area (Å²) >= 11 is 0. The lowest BCUT2D eigenvalue weighted by atomic mass is 9.96. The maximum Gasteiger partial charge on any atom is 0.314 e. The van der Waals surface area contributed by atoms with Crippen molar-refractivity contribution in [3.05, 3.63) is 29.8 Å². The van der Waals surface area contributed by atoms with Gasteiger partial charge < -0.3 is 5.11 Å². The summed E-state index contributed by atoms with van der Waals surface area (Å²) in [6.07, 6.45) is 1.25. The highest BCUT2D eigenvalue weighted by Gasteiger charge is 2.51. The predicted octanol–water partition coefficient (Wildman–Crippen LogP) is 1.46. The standard InChI is InChI=1S/C13H18N2O4S/c1-9(2)14-20(18,19)15-11-5-3-10(4-6-11)13(7-8-13)12(16)17/h3-6,9,14-15H,7-8H2,1-2H3,(H,16,17). The van der Waals surface area contributed by atoms with E-state index in [-0.39, 0.29) is 6.04 Å². The van der Waals surface area contributed by atoms with Crippen molar-refractivity contribution in [1.82, 2.24) is 4.72 Å². The average Bonchev–Trinajstić information content (AvgIpc) is 3.08. The van der Waals surface area contributed by atoms with Crippen molar-refractivity contribution in [3.8, 4) is 0 Å². The van der Waals surface area contributed by atoms with Crippen LogP contribution in [-0.2, 0) is 20.4 Å². The Hall–Kier alpha value is -1.60. The average molecular weight is 298 g/mol. The van der Waals surface area contributed by atoms with Gasteiger partial charge in [0.15, 0.2) is 0 Å². The molecule has 6 nitrogen and oxygen atoms in total. The molecule has 110 valence electrons. The third-order valence-electron chi connectivity index (χ3n) is 3.24. The minimum Gasteiger partial charge on any atom is -0.481 e. The van der Waals surface area contributed by atoms with E-state index in [1.807, 2.05) is 0 Å². The lowest BCUT2D eigenvalue weighted by molar-refractivity contribution is -0.140. The topological polar surface area (TPSA) is 95.5 Å². The summed E-state index contributed by atoms with van der Waals surface area (Å²) in [5.41, 5.74) is 0.348. The van der Waals surface area contributed by atoms with Gasteiger partial charge in [0.2, 0.25) is 0 Å². The lowest BCUT2D eigenvalue weighted by Gasteiger charge is -2.13. The van der Waals surface area contributed by atoms with Gasteiger partial charge in [-0.1, -0.05) is 12.1 Å². The van der Waals surface area contributed by atoms with Gasteiger partial charge in [-0.2, -0.15) is 13.1 Å². The third kappa shape index (κ3) is 3.10. The molecule has 0 spiro atoms. The fourth-order valence-electron chi connectivity index (χ4n) is 2.10. The van der Waals surface area contributed by atoms with Crippen LogP contribution in [-0.4, -0.2) is 25.5 Å². The molecule has 1 aliphatic rings. The summed E-state index contributed by atoms with van der Waals surface area (Å²) in [4.78, 5) is 11.2. The normalized spacial score (nSPS) is 16.9. The smallest absolute Gasteiger partial charge is 0.314 e. The molecule has 0 unspecified atom stereocenters. The van der Waals surface area contributed by atoms with Gasteiger partial charge in [0.25, 0.3) is 10.2 Å². The van der Waals surface area contributed by atoms with Gasteiger partial charge in [0, 0.05) is 11.7 Å². The minimum atomic E-state index is -3.60. The largest absolute Gasteiger partial charge is 0.481 e. The first-order chi connectivity index (χ1) is 9.25. The number of benzene rings is 1. The van der Waals surface area contributed by atoms with Crippen molar-refractivity contribution < 1.29 is 18.3 Å². The first kappa shape index (κ1) is 14.8. The maximum absolute atomic E-state index is 11.7. The zero-order chi connectivity index (χ0) is 15.0. The summed E-state index contributed by atoms with van der Waals surface area (Å²) in [7, 11) is -3.60. The fraction of sp³-hybridized carbons (Fsp3) is 0.462. The van der Waals surface area contributed by atoms with Crippen LogP contribution in [0.2, 0.25) is 0 Å². The molecule has 0 atom stereocenters. The Kier molecular flexibility index (Phi) is 3.75. The van der Waals surface area contributed by atoms with E-state index < -0.39 is 21.6 Å². The Bertz CT molecular complexity index is 604. The van der Waals surface area contributed by atoms with E-state index >= 15 is 0 Å². The first-order valence-electron chi connectivity index (χ1n) is 6.39. The zero-order valence-corrected chi connectivity index (χ0v) is 12.2. The molecular weight excluding hydrogens is 280 g/mol. The molecule has 2 rings (SSSR count). The van der Waals surface area contributed by atoms with Gasteiger partial charge in [-0.15, -0.1) is 0 Å². The van der Waals surface area contributed by atoms with E-state index in [9.17, 15) is 18.3 Å². The number of carboxylic acids is 1. The minimum absolute atomic E-state index is 0.200. The number of carboxylic acid groups (broad SMARTS) is 1. The van der Waals surface area contributed by atoms with Crippen LogP contribution < -0.4 is 9.44 Å². The molecule has 0 amide bonds. The second-order valence-electron chi connectivity index (χ2n) is 5.34. The molecule has 1 fully saturated rings. The highest BCUT2D eigenvalue weighted by Crippen LogP contribution is 2.48. The molecule has 0 bridgehead atoms. The van der Waals surface area contributed by atoms with Crippen LogP contribution in [0.4, 0.5) is 5.69 Å². The first-order valence-corrected chi connectivity index (χ1v) is 7.87. The van der Waals surface area contributed by atoms with Crippen molar-refractivity contribution in [2.24, 2.45) is 0 Å². The maximum atomic E-state index is 11.7. The van der Waals surface area contributed by atoms with Crippen LogP contribution in [0.25, 0.3) is 0 Å². The summed E-state index contributed by atoms with van der Waals surface area (Å²) in [6.45, 7) is 3.46. The number of aliphatic carboxylic acids is 1. The number of hydrogen-bond acceptors (Lipinski definition) is 3. The van der Waals surface area contributed by atoms with E-state index in [4.69, 9.17) is 0 Å². The van der Waals surface area contributed by atoms with Gasteiger partial charge in [0.05, 0.1) is 5.41 Å². The second kappa shape index (κ2) is 5.06. The molecule has 0 saturated heterocycles. The zero-order valence-electron chi connectivity index (χ0n) is 11.4. The van der Waals surface area contributed by atoms with Crippen LogP contribution in [0, 0.1) is 0 Å². The molecule has 1 aliphatic carbocycles. The number of nitrogens with one attached hydrogen (secondary N) is 2. The molecule has 20 heavy (non-hydrogen) atoms. The number of anilines is 1. The van der Waals surface area contributed by atoms with Gasteiger partial charge in [-0.05, 0) is 44.4 Å². The number of carbonyl (C=O) groups is 1. The highest BCUT2D eigenvalue weighted by molar-refractivity contribution is 7.90. The lowest BCUT2D eigenvalue weighted by Crippen LogP contribution is -2.35. The van der Waals surface area contributed by atoms with E-state index in [1.54, 1.807) is 38.1 Å². The van der Waals surface area contributed by atoms with E-state index in [1.165, 1.54) is 0 Å². The monoisotopic (exact) mass is 298 g/mol. The highest BCUT2D eigenvalue weighted by atomic mass is 32.2. The summed E-state index contributed by atoms with van der Waals surface area (Å²) in [5, 5.41) is 9.19. The second-order valence-corrected chi connectivity index (χ2v) is 6.79. The quantitative estimate of drug-likeness (QED) is 0.741. The van der Waals surface area contributed by atoms with E-state index in [0.717, 1.165) is 0 Å². The van der Waals surface area contributed by atoms with Crippen molar-refractivity contribution in [1.29, 1.82) is 0 Å².